The average Bonchev–Trinajstić information content (AvgIpc) is 2.73. The first-order chi connectivity index (χ1) is 13.7. The molecule has 138 valence electrons. The van der Waals surface area contributed by atoms with Crippen LogP contribution in [0, 0.1) is 5.82 Å². The summed E-state index contributed by atoms with van der Waals surface area (Å²) in [5, 5.41) is 2.30. The highest BCUT2D eigenvalue weighted by atomic mass is 35.5. The predicted octanol–water partition coefficient (Wildman–Crippen LogP) is 8.08. The van der Waals surface area contributed by atoms with Crippen LogP contribution in [0.4, 0.5) is 4.39 Å². The summed E-state index contributed by atoms with van der Waals surface area (Å²) in [5.41, 5.74) is 4.85. The number of aryl methyl sites for hydroxylation is 1. The van der Waals surface area contributed by atoms with E-state index in [0.29, 0.717) is 16.0 Å². The van der Waals surface area contributed by atoms with Crippen LogP contribution in [0.15, 0.2) is 91.5 Å². The van der Waals surface area contributed by atoms with Crippen molar-refractivity contribution in [3.8, 4) is 22.3 Å². The van der Waals surface area contributed by atoms with Gasteiger partial charge in [0.25, 0.3) is 0 Å². The van der Waals surface area contributed by atoms with E-state index in [2.05, 4.69) is 12.6 Å². The Morgan fingerprint density at radius 2 is 1.43 bits per heavy atom. The van der Waals surface area contributed by atoms with Gasteiger partial charge in [-0.15, -0.1) is 6.58 Å². The maximum Gasteiger partial charge on any atom is 0.138 e. The third-order valence-electron chi connectivity index (χ3n) is 5.03. The maximum absolute atomic E-state index is 15.2. The molecule has 0 N–H and O–H groups in total. The lowest BCUT2D eigenvalue weighted by atomic mass is 9.96. The van der Waals surface area contributed by atoms with Gasteiger partial charge in [0, 0.05) is 16.0 Å². The summed E-state index contributed by atoms with van der Waals surface area (Å²) in [6, 6.07) is 25.5. The number of halogens is 2. The van der Waals surface area contributed by atoms with Crippen molar-refractivity contribution in [1.82, 2.24) is 0 Å². The lowest BCUT2D eigenvalue weighted by Crippen LogP contribution is -1.90. The van der Waals surface area contributed by atoms with Crippen LogP contribution in [0.3, 0.4) is 0 Å². The van der Waals surface area contributed by atoms with Gasteiger partial charge in [0.1, 0.15) is 5.82 Å². The van der Waals surface area contributed by atoms with Crippen molar-refractivity contribution < 1.29 is 4.39 Å². The lowest BCUT2D eigenvalue weighted by molar-refractivity contribution is 0.643. The number of hydrogen-bond acceptors (Lipinski definition) is 0. The Balaban J connectivity index is 1.67. The molecular weight excluding hydrogens is 367 g/mol. The Hall–Kier alpha value is -2.90. The van der Waals surface area contributed by atoms with Crippen LogP contribution in [-0.4, -0.2) is 0 Å². The summed E-state index contributed by atoms with van der Waals surface area (Å²) in [6.07, 6.45) is 3.75. The van der Waals surface area contributed by atoms with E-state index >= 15 is 4.39 Å². The van der Waals surface area contributed by atoms with Crippen molar-refractivity contribution in [3.05, 3.63) is 108 Å². The molecule has 28 heavy (non-hydrogen) atoms. The van der Waals surface area contributed by atoms with Gasteiger partial charge in [-0.25, -0.2) is 4.39 Å². The number of benzene rings is 4. The number of fused-ring (bicyclic) bond motifs is 1. The Morgan fingerprint density at radius 3 is 2.11 bits per heavy atom. The molecule has 0 aliphatic carbocycles. The fraction of sp³-hybridized carbons (Fsp3) is 0.0769. The largest absolute Gasteiger partial charge is 0.206 e. The van der Waals surface area contributed by atoms with Crippen LogP contribution < -0.4 is 0 Å². The van der Waals surface area contributed by atoms with Gasteiger partial charge < -0.3 is 0 Å². The van der Waals surface area contributed by atoms with Crippen molar-refractivity contribution in [2.24, 2.45) is 0 Å². The molecule has 0 bridgehead atoms. The fourth-order valence-electron chi connectivity index (χ4n) is 3.47. The first kappa shape index (κ1) is 18.5. The molecule has 4 aromatic rings. The minimum absolute atomic E-state index is 0.174. The van der Waals surface area contributed by atoms with E-state index < -0.39 is 0 Å². The van der Waals surface area contributed by atoms with Gasteiger partial charge in [0.15, 0.2) is 0 Å². The summed E-state index contributed by atoms with van der Waals surface area (Å²) in [5.74, 6) is -0.174. The van der Waals surface area contributed by atoms with Gasteiger partial charge in [-0.1, -0.05) is 84.4 Å². The SMILES string of the molecule is C=CCCc1ccc2c(F)c(-c3ccc(-c4ccc(Cl)cc4)cc3)ccc2c1. The van der Waals surface area contributed by atoms with Gasteiger partial charge in [-0.2, -0.15) is 0 Å². The zero-order chi connectivity index (χ0) is 19.5. The molecule has 0 spiro atoms. The average molecular weight is 387 g/mol. The van der Waals surface area contributed by atoms with E-state index in [0.717, 1.165) is 34.9 Å². The molecule has 2 heteroatoms. The topological polar surface area (TPSA) is 0 Å². The van der Waals surface area contributed by atoms with Crippen LogP contribution in [0.2, 0.25) is 5.02 Å². The minimum Gasteiger partial charge on any atom is -0.206 e. The van der Waals surface area contributed by atoms with Gasteiger partial charge >= 0.3 is 0 Å². The molecule has 4 aromatic carbocycles. The molecule has 0 saturated heterocycles. The number of hydrogen-bond donors (Lipinski definition) is 0. The van der Waals surface area contributed by atoms with Gasteiger partial charge in [-0.05, 0) is 52.6 Å². The molecule has 0 radical (unpaired) electrons. The Kier molecular flexibility index (Phi) is 5.27. The number of rotatable bonds is 5. The molecule has 4 rings (SSSR count). The molecule has 0 aliphatic heterocycles. The minimum atomic E-state index is -0.174. The Bertz CT molecular complexity index is 1130. The molecule has 0 aromatic heterocycles. The molecule has 0 nitrogen and oxygen atoms in total. The fourth-order valence-corrected chi connectivity index (χ4v) is 3.60. The quantitative estimate of drug-likeness (QED) is 0.304. The van der Waals surface area contributed by atoms with E-state index in [-0.39, 0.29) is 5.82 Å². The van der Waals surface area contributed by atoms with E-state index in [1.807, 2.05) is 78.9 Å². The molecule has 0 amide bonds. The standard InChI is InChI=1S/C26H20ClF/c1-2-3-4-18-5-15-25-22(17-18)12-16-24(26(25)28)21-8-6-19(7-9-21)20-10-13-23(27)14-11-20/h2,5-17H,1,3-4H2. The lowest BCUT2D eigenvalue weighted by Gasteiger charge is -2.10. The first-order valence-corrected chi connectivity index (χ1v) is 9.72. The van der Waals surface area contributed by atoms with Crippen molar-refractivity contribution in [3.63, 3.8) is 0 Å². The second kappa shape index (κ2) is 8.00. The molecular formula is C26H20ClF. The molecule has 0 fully saturated rings. The highest BCUT2D eigenvalue weighted by molar-refractivity contribution is 6.30. The van der Waals surface area contributed by atoms with E-state index in [1.165, 1.54) is 5.56 Å². The van der Waals surface area contributed by atoms with E-state index in [9.17, 15) is 0 Å². The highest BCUT2D eigenvalue weighted by Gasteiger charge is 2.10. The highest BCUT2D eigenvalue weighted by Crippen LogP contribution is 2.31. The van der Waals surface area contributed by atoms with Gasteiger partial charge in [0.2, 0.25) is 0 Å². The summed E-state index contributed by atoms with van der Waals surface area (Å²) < 4.78 is 15.2. The van der Waals surface area contributed by atoms with Crippen molar-refractivity contribution >= 4 is 22.4 Å². The maximum atomic E-state index is 15.2. The van der Waals surface area contributed by atoms with Crippen LogP contribution in [0.25, 0.3) is 33.0 Å². The van der Waals surface area contributed by atoms with E-state index in [4.69, 9.17) is 11.6 Å². The first-order valence-electron chi connectivity index (χ1n) is 9.34. The van der Waals surface area contributed by atoms with Crippen molar-refractivity contribution in [1.29, 1.82) is 0 Å². The van der Waals surface area contributed by atoms with Gasteiger partial charge in [0.05, 0.1) is 0 Å². The zero-order valence-corrected chi connectivity index (χ0v) is 16.2. The predicted molar refractivity (Wildman–Crippen MR) is 118 cm³/mol. The Morgan fingerprint density at radius 1 is 0.786 bits per heavy atom. The van der Waals surface area contributed by atoms with Crippen LogP contribution >= 0.6 is 11.6 Å². The van der Waals surface area contributed by atoms with Crippen LogP contribution in [0.1, 0.15) is 12.0 Å². The molecule has 0 atom stereocenters. The van der Waals surface area contributed by atoms with Crippen molar-refractivity contribution in [2.75, 3.05) is 0 Å². The summed E-state index contributed by atoms with van der Waals surface area (Å²) in [6.45, 7) is 3.76. The second-order valence-corrected chi connectivity index (χ2v) is 7.33. The van der Waals surface area contributed by atoms with Crippen molar-refractivity contribution in [2.45, 2.75) is 12.8 Å². The van der Waals surface area contributed by atoms with Crippen LogP contribution in [0.5, 0.6) is 0 Å². The third-order valence-corrected chi connectivity index (χ3v) is 5.28. The normalized spacial score (nSPS) is 10.9. The summed E-state index contributed by atoms with van der Waals surface area (Å²) >= 11 is 5.96. The zero-order valence-electron chi connectivity index (χ0n) is 15.5. The Labute approximate surface area is 169 Å². The third kappa shape index (κ3) is 3.72. The molecule has 0 unspecified atom stereocenters. The monoisotopic (exact) mass is 386 g/mol. The summed E-state index contributed by atoms with van der Waals surface area (Å²) in [4.78, 5) is 0. The number of allylic oxidation sites excluding steroid dienone is 1. The van der Waals surface area contributed by atoms with Crippen LogP contribution in [-0.2, 0) is 6.42 Å². The molecule has 0 heterocycles. The molecule has 0 aliphatic rings. The second-order valence-electron chi connectivity index (χ2n) is 6.89. The molecule has 0 saturated carbocycles. The smallest absolute Gasteiger partial charge is 0.138 e. The summed E-state index contributed by atoms with van der Waals surface area (Å²) in [7, 11) is 0. The van der Waals surface area contributed by atoms with Gasteiger partial charge in [-0.3, -0.25) is 0 Å². The van der Waals surface area contributed by atoms with E-state index in [1.54, 1.807) is 0 Å².